The molecule has 5 nitrogen and oxygen atoms in total. The first-order chi connectivity index (χ1) is 13.6. The standard InChI is InChI=1S/C23H33N5/c1-4-8-21(18-11-12-20(24)19(15-18)16(2)25-3)28-22(17-9-5-6-10-17)23-26-13-7-14-27-23/h7-8,11-17,22,25,28H,4-6,9-10,24H2,1-3H3/b21-8-. The molecule has 0 aliphatic heterocycles. The first kappa shape index (κ1) is 20.3. The SMILES string of the molecule is CC/C=C(\NC(c1ncccn1)C1CCCC1)c1ccc(N)c(C(C)NC)c1. The van der Waals surface area contributed by atoms with Gasteiger partial charge in [-0.25, -0.2) is 9.97 Å². The van der Waals surface area contributed by atoms with Gasteiger partial charge in [0.2, 0.25) is 0 Å². The second-order valence-electron chi connectivity index (χ2n) is 7.65. The highest BCUT2D eigenvalue weighted by Crippen LogP contribution is 2.36. The van der Waals surface area contributed by atoms with E-state index in [9.17, 15) is 0 Å². The molecule has 0 saturated heterocycles. The van der Waals surface area contributed by atoms with Crippen LogP contribution in [0, 0.1) is 5.92 Å². The van der Waals surface area contributed by atoms with Crippen molar-refractivity contribution in [2.75, 3.05) is 12.8 Å². The molecule has 0 spiro atoms. The van der Waals surface area contributed by atoms with E-state index in [2.05, 4.69) is 52.7 Å². The number of nitrogens with zero attached hydrogens (tertiary/aromatic N) is 2. The minimum absolute atomic E-state index is 0.129. The van der Waals surface area contributed by atoms with Crippen molar-refractivity contribution >= 4 is 11.4 Å². The minimum Gasteiger partial charge on any atom is -0.398 e. The number of nitrogens with two attached hydrogens (primary N) is 1. The Morgan fingerprint density at radius 3 is 2.61 bits per heavy atom. The molecule has 1 fully saturated rings. The molecule has 1 saturated carbocycles. The predicted molar refractivity (Wildman–Crippen MR) is 116 cm³/mol. The lowest BCUT2D eigenvalue weighted by Crippen LogP contribution is -2.28. The third kappa shape index (κ3) is 4.71. The van der Waals surface area contributed by atoms with Crippen LogP contribution in [0.2, 0.25) is 0 Å². The molecule has 1 aromatic carbocycles. The van der Waals surface area contributed by atoms with Gasteiger partial charge in [0.15, 0.2) is 5.82 Å². The summed E-state index contributed by atoms with van der Waals surface area (Å²) in [5, 5.41) is 7.10. The Morgan fingerprint density at radius 2 is 1.96 bits per heavy atom. The summed E-state index contributed by atoms with van der Waals surface area (Å²) in [6, 6.07) is 8.52. The lowest BCUT2D eigenvalue weighted by molar-refractivity contribution is 0.390. The molecular weight excluding hydrogens is 346 g/mol. The number of rotatable bonds is 8. The Kier molecular flexibility index (Phi) is 7.04. The van der Waals surface area contributed by atoms with Crippen LogP contribution in [-0.4, -0.2) is 17.0 Å². The molecule has 2 atom stereocenters. The van der Waals surface area contributed by atoms with Crippen molar-refractivity contribution in [2.45, 2.75) is 58.0 Å². The number of nitrogen functional groups attached to an aromatic ring is 1. The quantitative estimate of drug-likeness (QED) is 0.584. The summed E-state index contributed by atoms with van der Waals surface area (Å²) in [6.45, 7) is 4.30. The van der Waals surface area contributed by atoms with Crippen molar-refractivity contribution in [3.05, 3.63) is 59.7 Å². The van der Waals surface area contributed by atoms with Gasteiger partial charge in [-0.15, -0.1) is 0 Å². The van der Waals surface area contributed by atoms with Crippen molar-refractivity contribution in [3.63, 3.8) is 0 Å². The number of aromatic nitrogens is 2. The lowest BCUT2D eigenvalue weighted by Gasteiger charge is -2.27. The molecule has 5 heteroatoms. The third-order valence-electron chi connectivity index (χ3n) is 5.75. The fraction of sp³-hybridized carbons (Fsp3) is 0.478. The van der Waals surface area contributed by atoms with Crippen molar-refractivity contribution in [1.82, 2.24) is 20.6 Å². The van der Waals surface area contributed by atoms with Gasteiger partial charge >= 0.3 is 0 Å². The molecular formula is C23H33N5. The smallest absolute Gasteiger partial charge is 0.150 e. The van der Waals surface area contributed by atoms with Gasteiger partial charge in [-0.05, 0) is 68.5 Å². The third-order valence-corrected chi connectivity index (χ3v) is 5.75. The molecule has 1 aliphatic carbocycles. The number of benzene rings is 1. The van der Waals surface area contributed by atoms with E-state index in [4.69, 9.17) is 5.73 Å². The van der Waals surface area contributed by atoms with E-state index in [1.165, 1.54) is 25.7 Å². The Bertz CT molecular complexity index is 781. The van der Waals surface area contributed by atoms with Crippen LogP contribution in [0.1, 0.15) is 75.0 Å². The molecule has 0 amide bonds. The number of nitrogens with one attached hydrogen (secondary N) is 2. The lowest BCUT2D eigenvalue weighted by atomic mass is 9.95. The van der Waals surface area contributed by atoms with E-state index >= 15 is 0 Å². The van der Waals surface area contributed by atoms with Crippen LogP contribution in [0.5, 0.6) is 0 Å². The molecule has 0 bridgehead atoms. The Labute approximate surface area is 168 Å². The number of anilines is 1. The normalized spacial score (nSPS) is 17.5. The van der Waals surface area contributed by atoms with Crippen LogP contribution in [0.25, 0.3) is 5.70 Å². The summed E-state index contributed by atoms with van der Waals surface area (Å²) in [6.07, 6.45) is 11.9. The summed E-state index contributed by atoms with van der Waals surface area (Å²) in [5.74, 6) is 1.45. The molecule has 2 aromatic rings. The molecule has 28 heavy (non-hydrogen) atoms. The molecule has 3 rings (SSSR count). The van der Waals surface area contributed by atoms with Crippen LogP contribution in [0.4, 0.5) is 5.69 Å². The second kappa shape index (κ2) is 9.69. The topological polar surface area (TPSA) is 75.9 Å². The van der Waals surface area contributed by atoms with E-state index < -0.39 is 0 Å². The highest BCUT2D eigenvalue weighted by atomic mass is 15.0. The van der Waals surface area contributed by atoms with Crippen LogP contribution in [0.3, 0.4) is 0 Å². The van der Waals surface area contributed by atoms with Gasteiger partial charge in [0.25, 0.3) is 0 Å². The largest absolute Gasteiger partial charge is 0.398 e. The van der Waals surface area contributed by atoms with E-state index in [0.717, 1.165) is 34.8 Å². The fourth-order valence-corrected chi connectivity index (χ4v) is 4.06. The summed E-state index contributed by atoms with van der Waals surface area (Å²) in [7, 11) is 1.96. The van der Waals surface area contributed by atoms with Crippen molar-refractivity contribution in [2.24, 2.45) is 5.92 Å². The van der Waals surface area contributed by atoms with Gasteiger partial charge in [0.05, 0.1) is 6.04 Å². The van der Waals surface area contributed by atoms with Crippen molar-refractivity contribution in [1.29, 1.82) is 0 Å². The molecule has 1 aliphatic rings. The van der Waals surface area contributed by atoms with Crippen molar-refractivity contribution < 1.29 is 0 Å². The van der Waals surface area contributed by atoms with E-state index in [-0.39, 0.29) is 12.1 Å². The maximum Gasteiger partial charge on any atom is 0.150 e. The monoisotopic (exact) mass is 379 g/mol. The zero-order valence-corrected chi connectivity index (χ0v) is 17.3. The number of hydrogen-bond acceptors (Lipinski definition) is 5. The van der Waals surface area contributed by atoms with Gasteiger partial charge in [-0.3, -0.25) is 0 Å². The fourth-order valence-electron chi connectivity index (χ4n) is 4.06. The summed E-state index contributed by atoms with van der Waals surface area (Å²) < 4.78 is 0. The average Bonchev–Trinajstić information content (AvgIpc) is 3.26. The Balaban J connectivity index is 1.94. The maximum absolute atomic E-state index is 6.23. The first-order valence-electron chi connectivity index (χ1n) is 10.4. The van der Waals surface area contributed by atoms with Crippen LogP contribution >= 0.6 is 0 Å². The van der Waals surface area contributed by atoms with Gasteiger partial charge in [0.1, 0.15) is 0 Å². The zero-order chi connectivity index (χ0) is 19.9. The Hall–Kier alpha value is -2.40. The highest BCUT2D eigenvalue weighted by Gasteiger charge is 2.29. The van der Waals surface area contributed by atoms with Gasteiger partial charge < -0.3 is 16.4 Å². The van der Waals surface area contributed by atoms with E-state index in [0.29, 0.717) is 5.92 Å². The molecule has 4 N–H and O–H groups in total. The molecule has 150 valence electrons. The number of allylic oxidation sites excluding steroid dienone is 1. The Morgan fingerprint density at radius 1 is 1.25 bits per heavy atom. The maximum atomic E-state index is 6.23. The molecule has 2 unspecified atom stereocenters. The van der Waals surface area contributed by atoms with Gasteiger partial charge in [-0.1, -0.05) is 31.9 Å². The minimum atomic E-state index is 0.129. The van der Waals surface area contributed by atoms with E-state index in [1.54, 1.807) is 0 Å². The predicted octanol–water partition coefficient (Wildman–Crippen LogP) is 4.61. The molecule has 1 aromatic heterocycles. The van der Waals surface area contributed by atoms with Crippen LogP contribution in [0.15, 0.2) is 42.7 Å². The van der Waals surface area contributed by atoms with Crippen LogP contribution in [-0.2, 0) is 0 Å². The van der Waals surface area contributed by atoms with E-state index in [1.807, 2.05) is 31.6 Å². The zero-order valence-electron chi connectivity index (χ0n) is 17.3. The highest BCUT2D eigenvalue weighted by molar-refractivity contribution is 5.68. The van der Waals surface area contributed by atoms with Crippen molar-refractivity contribution in [3.8, 4) is 0 Å². The second-order valence-corrected chi connectivity index (χ2v) is 7.65. The van der Waals surface area contributed by atoms with Gasteiger partial charge in [-0.2, -0.15) is 0 Å². The van der Waals surface area contributed by atoms with Gasteiger partial charge in [0, 0.05) is 29.8 Å². The summed E-state index contributed by atoms with van der Waals surface area (Å²) in [4.78, 5) is 9.15. The molecule has 1 heterocycles. The molecule has 0 radical (unpaired) electrons. The summed E-state index contributed by atoms with van der Waals surface area (Å²) in [5.41, 5.74) is 10.5. The average molecular weight is 380 g/mol. The summed E-state index contributed by atoms with van der Waals surface area (Å²) >= 11 is 0. The first-order valence-corrected chi connectivity index (χ1v) is 10.4. The number of hydrogen-bond donors (Lipinski definition) is 3. The van der Waals surface area contributed by atoms with Crippen LogP contribution < -0.4 is 16.4 Å².